The number of benzene rings is 2. The molecule has 0 saturated carbocycles. The van der Waals surface area contributed by atoms with Crippen LogP contribution in [0.15, 0.2) is 54.6 Å². The zero-order chi connectivity index (χ0) is 27.9. The van der Waals surface area contributed by atoms with Crippen LogP contribution >= 0.6 is 11.6 Å². The number of nitrogens with one attached hydrogen (secondary N) is 2. The summed E-state index contributed by atoms with van der Waals surface area (Å²) >= 11 is 6.34. The minimum Gasteiger partial charge on any atom is -0.394 e. The first kappa shape index (κ1) is 27.6. The topological polar surface area (TPSA) is 108 Å². The fourth-order valence-corrected chi connectivity index (χ4v) is 7.17. The van der Waals surface area contributed by atoms with Gasteiger partial charge in [0.25, 0.3) is 0 Å². The highest BCUT2D eigenvalue weighted by Gasteiger charge is 2.79. The molecule has 5 rings (SSSR count). The summed E-state index contributed by atoms with van der Waals surface area (Å²) in [6.07, 6.45) is 1.56. The summed E-state index contributed by atoms with van der Waals surface area (Å²) in [7, 11) is 0. The summed E-state index contributed by atoms with van der Waals surface area (Å²) < 4.78 is 6.78. The van der Waals surface area contributed by atoms with Crippen molar-refractivity contribution in [2.24, 2.45) is 17.8 Å². The predicted octanol–water partition coefficient (Wildman–Crippen LogP) is 3.77. The van der Waals surface area contributed by atoms with Gasteiger partial charge in [0, 0.05) is 6.54 Å². The molecule has 3 aliphatic heterocycles. The van der Waals surface area contributed by atoms with E-state index in [0.29, 0.717) is 36.5 Å². The zero-order valence-electron chi connectivity index (χ0n) is 22.5. The van der Waals surface area contributed by atoms with Gasteiger partial charge in [0.05, 0.1) is 40.8 Å². The normalized spacial score (nSPS) is 29.9. The van der Waals surface area contributed by atoms with Crippen molar-refractivity contribution in [2.75, 3.05) is 11.9 Å². The van der Waals surface area contributed by atoms with Gasteiger partial charge in [0.1, 0.15) is 11.6 Å². The first-order chi connectivity index (χ1) is 18.7. The first-order valence-corrected chi connectivity index (χ1v) is 14.1. The Kier molecular flexibility index (Phi) is 7.48. The van der Waals surface area contributed by atoms with Gasteiger partial charge in [-0.15, -0.1) is 0 Å². The summed E-state index contributed by atoms with van der Waals surface area (Å²) in [5, 5.41) is 16.7. The van der Waals surface area contributed by atoms with Crippen LogP contribution in [0.1, 0.15) is 45.6 Å². The third-order valence-corrected chi connectivity index (χ3v) is 9.23. The highest BCUT2D eigenvalue weighted by atomic mass is 35.5. The lowest BCUT2D eigenvalue weighted by atomic mass is 9.65. The Balaban J connectivity index is 1.54. The molecule has 8 nitrogen and oxygen atoms in total. The van der Waals surface area contributed by atoms with Crippen LogP contribution < -0.4 is 10.6 Å². The van der Waals surface area contributed by atoms with Crippen LogP contribution in [-0.4, -0.2) is 57.6 Å². The number of para-hydroxylation sites is 1. The van der Waals surface area contributed by atoms with E-state index >= 15 is 0 Å². The zero-order valence-corrected chi connectivity index (χ0v) is 23.3. The number of fused-ring (bicyclic) bond motifs is 1. The Morgan fingerprint density at radius 1 is 1.10 bits per heavy atom. The average molecular weight is 554 g/mol. The number of hydrogen-bond acceptors (Lipinski definition) is 5. The monoisotopic (exact) mass is 553 g/mol. The Bertz CT molecular complexity index is 1260. The summed E-state index contributed by atoms with van der Waals surface area (Å²) in [5.74, 6) is -2.73. The van der Waals surface area contributed by atoms with Gasteiger partial charge in [0.15, 0.2) is 0 Å². The van der Waals surface area contributed by atoms with Crippen molar-refractivity contribution in [3.63, 3.8) is 0 Å². The molecule has 2 aromatic carbocycles. The van der Waals surface area contributed by atoms with Gasteiger partial charge in [-0.2, -0.15) is 0 Å². The molecule has 3 saturated heterocycles. The largest absolute Gasteiger partial charge is 0.394 e. The van der Waals surface area contributed by atoms with E-state index in [1.54, 1.807) is 24.3 Å². The van der Waals surface area contributed by atoms with Crippen LogP contribution in [-0.2, 0) is 25.7 Å². The third-order valence-electron chi connectivity index (χ3n) is 8.90. The molecular formula is C30H36ClN3O5. The van der Waals surface area contributed by atoms with Crippen LogP contribution in [0.5, 0.6) is 0 Å². The fourth-order valence-electron chi connectivity index (χ4n) is 6.99. The molecule has 39 heavy (non-hydrogen) atoms. The van der Waals surface area contributed by atoms with Crippen molar-refractivity contribution in [3.05, 3.63) is 65.2 Å². The number of rotatable bonds is 9. The van der Waals surface area contributed by atoms with Gasteiger partial charge in [-0.1, -0.05) is 74.8 Å². The van der Waals surface area contributed by atoms with Crippen molar-refractivity contribution in [1.29, 1.82) is 0 Å². The summed E-state index contributed by atoms with van der Waals surface area (Å²) in [5.41, 5.74) is -0.652. The van der Waals surface area contributed by atoms with E-state index in [1.807, 2.05) is 51.1 Å². The molecule has 0 aromatic heterocycles. The SMILES string of the molecule is CC[C@@]12CCC3(O1)C(C(=O)Nc1ccccc1Cl)N([C@@H](CO)C(C)C)C(=O)[C@@H]3[C@@H]2C(=O)NCc1ccccc1. The number of aliphatic hydroxyl groups excluding tert-OH is 1. The number of likely N-dealkylation sites (tertiary alicyclic amines) is 1. The van der Waals surface area contributed by atoms with Crippen LogP contribution in [0, 0.1) is 17.8 Å². The number of carbonyl (C=O) groups is 3. The van der Waals surface area contributed by atoms with E-state index < -0.39 is 41.0 Å². The molecule has 3 N–H and O–H groups in total. The quantitative estimate of drug-likeness (QED) is 0.438. The molecule has 9 heteroatoms. The minimum atomic E-state index is -1.19. The maximum absolute atomic E-state index is 14.3. The lowest BCUT2D eigenvalue weighted by Gasteiger charge is -2.38. The summed E-state index contributed by atoms with van der Waals surface area (Å²) in [6.45, 7) is 5.78. The molecule has 3 heterocycles. The van der Waals surface area contributed by atoms with Crippen molar-refractivity contribution in [1.82, 2.24) is 10.2 Å². The van der Waals surface area contributed by atoms with Crippen molar-refractivity contribution in [3.8, 4) is 0 Å². The molecule has 3 amide bonds. The smallest absolute Gasteiger partial charge is 0.250 e. The van der Waals surface area contributed by atoms with E-state index in [-0.39, 0.29) is 24.3 Å². The van der Waals surface area contributed by atoms with Crippen LogP contribution in [0.2, 0.25) is 5.02 Å². The number of amides is 3. The Labute approximate surface area is 234 Å². The predicted molar refractivity (Wildman–Crippen MR) is 148 cm³/mol. The standard InChI is InChI=1S/C30H36ClN3O5/c1-4-29-14-15-30(39-29)24(23(29)26(36)32-16-19-10-6-5-7-11-19)28(38)34(22(17-35)18(2)3)25(30)27(37)33-21-13-9-8-12-20(21)31/h5-13,18,22-25,35H,4,14-17H2,1-3H3,(H,32,36)(H,33,37)/t22-,23+,24-,25?,29-,30?/m0/s1. The average Bonchev–Trinajstić information content (AvgIpc) is 3.53. The number of hydrogen-bond donors (Lipinski definition) is 3. The van der Waals surface area contributed by atoms with E-state index in [2.05, 4.69) is 10.6 Å². The number of anilines is 1. The highest BCUT2D eigenvalue weighted by Crippen LogP contribution is 2.64. The van der Waals surface area contributed by atoms with E-state index in [4.69, 9.17) is 16.3 Å². The van der Waals surface area contributed by atoms with Crippen LogP contribution in [0.25, 0.3) is 0 Å². The van der Waals surface area contributed by atoms with Gasteiger partial charge in [-0.25, -0.2) is 0 Å². The molecule has 2 unspecified atom stereocenters. The molecule has 3 fully saturated rings. The van der Waals surface area contributed by atoms with E-state index in [9.17, 15) is 19.5 Å². The Morgan fingerprint density at radius 2 is 1.79 bits per heavy atom. The number of ether oxygens (including phenoxy) is 1. The fraction of sp³-hybridized carbons (Fsp3) is 0.500. The Morgan fingerprint density at radius 3 is 2.44 bits per heavy atom. The Hall–Kier alpha value is -2.94. The van der Waals surface area contributed by atoms with E-state index in [1.165, 1.54) is 4.90 Å². The molecular weight excluding hydrogens is 518 g/mol. The number of nitrogens with zero attached hydrogens (tertiary/aromatic N) is 1. The van der Waals surface area contributed by atoms with Crippen LogP contribution in [0.3, 0.4) is 0 Å². The second kappa shape index (κ2) is 10.6. The minimum absolute atomic E-state index is 0.132. The molecule has 1 spiro atoms. The number of carbonyl (C=O) groups excluding carboxylic acids is 3. The number of halogens is 1. The van der Waals surface area contributed by atoms with Crippen molar-refractivity contribution < 1.29 is 24.2 Å². The van der Waals surface area contributed by atoms with Gasteiger partial charge < -0.3 is 25.4 Å². The second-order valence-electron chi connectivity index (χ2n) is 11.2. The lowest BCUT2D eigenvalue weighted by molar-refractivity contribution is -0.150. The molecule has 2 aromatic rings. The van der Waals surface area contributed by atoms with Crippen molar-refractivity contribution in [2.45, 2.75) is 69.9 Å². The summed E-state index contributed by atoms with van der Waals surface area (Å²) in [4.78, 5) is 43.7. The highest BCUT2D eigenvalue weighted by molar-refractivity contribution is 6.33. The number of aliphatic hydroxyl groups is 1. The molecule has 2 bridgehead atoms. The maximum Gasteiger partial charge on any atom is 0.250 e. The maximum atomic E-state index is 14.3. The molecule has 6 atom stereocenters. The molecule has 208 valence electrons. The van der Waals surface area contributed by atoms with Gasteiger partial charge in [-0.3, -0.25) is 14.4 Å². The summed E-state index contributed by atoms with van der Waals surface area (Å²) in [6, 6.07) is 14.9. The van der Waals surface area contributed by atoms with Gasteiger partial charge >= 0.3 is 0 Å². The third kappa shape index (κ3) is 4.42. The molecule has 3 aliphatic rings. The molecule has 0 aliphatic carbocycles. The molecule has 0 radical (unpaired) electrons. The first-order valence-electron chi connectivity index (χ1n) is 13.7. The second-order valence-corrected chi connectivity index (χ2v) is 11.7. The lowest BCUT2D eigenvalue weighted by Crippen LogP contribution is -2.57. The van der Waals surface area contributed by atoms with Crippen LogP contribution in [0.4, 0.5) is 5.69 Å². The van der Waals surface area contributed by atoms with Crippen molar-refractivity contribution >= 4 is 35.0 Å². The van der Waals surface area contributed by atoms with E-state index in [0.717, 1.165) is 5.56 Å². The van der Waals surface area contributed by atoms with Gasteiger partial charge in [-0.05, 0) is 42.9 Å². The van der Waals surface area contributed by atoms with Gasteiger partial charge in [0.2, 0.25) is 17.7 Å².